The minimum absolute atomic E-state index is 0.115. The van der Waals surface area contributed by atoms with Crippen molar-refractivity contribution in [1.82, 2.24) is 15.3 Å². The quantitative estimate of drug-likeness (QED) is 0.233. The molecule has 6 nitrogen and oxygen atoms in total. The van der Waals surface area contributed by atoms with Crippen LogP contribution in [0, 0.1) is 18.3 Å². The Labute approximate surface area is 207 Å². The molecular formula is C24H23Cl3N4O2. The van der Waals surface area contributed by atoms with Crippen molar-refractivity contribution in [2.24, 2.45) is 5.92 Å². The third kappa shape index (κ3) is 5.18. The topological polar surface area (TPSA) is 80.0 Å². The van der Waals surface area contributed by atoms with Crippen LogP contribution in [0.5, 0.6) is 0 Å². The van der Waals surface area contributed by atoms with E-state index in [4.69, 9.17) is 45.0 Å². The highest BCUT2D eigenvalue weighted by Crippen LogP contribution is 2.33. The molecule has 1 saturated carbocycles. The van der Waals surface area contributed by atoms with Crippen molar-refractivity contribution < 1.29 is 9.63 Å². The number of carbonyl (C=O) groups is 1. The molecule has 4 rings (SSSR count). The van der Waals surface area contributed by atoms with E-state index in [1.165, 1.54) is 0 Å². The van der Waals surface area contributed by atoms with Crippen LogP contribution in [0.1, 0.15) is 43.4 Å². The summed E-state index contributed by atoms with van der Waals surface area (Å²) in [6.07, 6.45) is 4.82. The highest BCUT2D eigenvalue weighted by Gasteiger charge is 2.25. The largest absolute Gasteiger partial charge is 0.342 e. The smallest absolute Gasteiger partial charge is 0.335 e. The van der Waals surface area contributed by atoms with Gasteiger partial charge in [0.15, 0.2) is 5.84 Å². The molecule has 0 atom stereocenters. The molecule has 0 bridgehead atoms. The van der Waals surface area contributed by atoms with Gasteiger partial charge in [0, 0.05) is 21.2 Å². The molecule has 0 radical (unpaired) electrons. The van der Waals surface area contributed by atoms with E-state index in [-0.39, 0.29) is 17.7 Å². The summed E-state index contributed by atoms with van der Waals surface area (Å²) in [5.74, 6) is -0.582. The van der Waals surface area contributed by atoms with Crippen LogP contribution in [0.4, 0.5) is 0 Å². The molecule has 1 aromatic heterocycles. The zero-order valence-electron chi connectivity index (χ0n) is 18.0. The third-order valence-corrected chi connectivity index (χ3v) is 6.60. The molecule has 1 fully saturated rings. The Morgan fingerprint density at radius 2 is 1.73 bits per heavy atom. The first-order valence-corrected chi connectivity index (χ1v) is 11.8. The molecule has 2 aromatic carbocycles. The van der Waals surface area contributed by atoms with Gasteiger partial charge in [-0.3, -0.25) is 5.41 Å². The Morgan fingerprint density at radius 1 is 1.06 bits per heavy atom. The summed E-state index contributed by atoms with van der Waals surface area (Å²) in [6, 6.07) is 12.4. The summed E-state index contributed by atoms with van der Waals surface area (Å²) >= 11 is 18.6. The Morgan fingerprint density at radius 3 is 2.39 bits per heavy atom. The number of halogens is 3. The Bertz CT molecular complexity index is 1190. The summed E-state index contributed by atoms with van der Waals surface area (Å²) in [4.78, 5) is 17.6. The van der Waals surface area contributed by atoms with Crippen LogP contribution in [0.15, 0.2) is 42.5 Å². The van der Waals surface area contributed by atoms with E-state index in [2.05, 4.69) is 10.6 Å². The summed E-state index contributed by atoms with van der Waals surface area (Å²) in [7, 11) is 0. The summed E-state index contributed by atoms with van der Waals surface area (Å²) in [5.41, 5.74) is 5.73. The number of nitrogens with one attached hydrogen (secondary N) is 2. The van der Waals surface area contributed by atoms with E-state index in [9.17, 15) is 4.79 Å². The number of aromatic nitrogens is 2. The van der Waals surface area contributed by atoms with E-state index < -0.39 is 0 Å². The maximum Gasteiger partial charge on any atom is 0.335 e. The molecule has 1 heterocycles. The van der Waals surface area contributed by atoms with E-state index in [1.807, 2.05) is 19.1 Å². The normalized spacial score (nSPS) is 14.2. The highest BCUT2D eigenvalue weighted by atomic mass is 35.5. The van der Waals surface area contributed by atoms with E-state index >= 15 is 0 Å². The number of hydroxylamine groups is 1. The predicted octanol–water partition coefficient (Wildman–Crippen LogP) is 6.76. The first kappa shape index (κ1) is 23.6. The Kier molecular flexibility index (Phi) is 7.27. The molecule has 3 aromatic rings. The van der Waals surface area contributed by atoms with Crippen LogP contribution >= 0.6 is 34.8 Å². The van der Waals surface area contributed by atoms with Gasteiger partial charge in [0.25, 0.3) is 0 Å². The first-order chi connectivity index (χ1) is 15.8. The van der Waals surface area contributed by atoms with E-state index in [0.717, 1.165) is 48.9 Å². The number of amidine groups is 1. The van der Waals surface area contributed by atoms with Crippen molar-refractivity contribution in [3.05, 3.63) is 68.8 Å². The monoisotopic (exact) mass is 504 g/mol. The van der Waals surface area contributed by atoms with Crippen molar-refractivity contribution in [3.63, 3.8) is 0 Å². The molecule has 1 aliphatic rings. The predicted molar refractivity (Wildman–Crippen MR) is 131 cm³/mol. The molecular weight excluding hydrogens is 483 g/mol. The summed E-state index contributed by atoms with van der Waals surface area (Å²) < 4.78 is 1.66. The van der Waals surface area contributed by atoms with Crippen LogP contribution in [0.2, 0.25) is 15.1 Å². The second kappa shape index (κ2) is 10.2. The number of carbonyl (C=O) groups excluding carboxylic acids is 1. The molecule has 0 unspecified atom stereocenters. The van der Waals surface area contributed by atoms with Crippen molar-refractivity contribution in [2.45, 2.75) is 39.0 Å². The van der Waals surface area contributed by atoms with Crippen LogP contribution in [0.25, 0.3) is 16.9 Å². The highest BCUT2D eigenvalue weighted by molar-refractivity contribution is 6.35. The third-order valence-electron chi connectivity index (χ3n) is 5.81. The van der Waals surface area contributed by atoms with Gasteiger partial charge >= 0.3 is 5.97 Å². The van der Waals surface area contributed by atoms with Crippen LogP contribution < -0.4 is 5.48 Å². The molecule has 172 valence electrons. The lowest BCUT2D eigenvalue weighted by Crippen LogP contribution is -2.32. The van der Waals surface area contributed by atoms with Crippen LogP contribution in [-0.4, -0.2) is 21.6 Å². The number of hydrogen-bond donors (Lipinski definition) is 2. The Hall–Kier alpha value is -2.54. The summed E-state index contributed by atoms with van der Waals surface area (Å²) in [6.45, 7) is 1.85. The number of benzene rings is 2. The Balaban J connectivity index is 1.67. The van der Waals surface area contributed by atoms with E-state index in [0.29, 0.717) is 26.4 Å². The van der Waals surface area contributed by atoms with Crippen molar-refractivity contribution in [3.8, 4) is 16.9 Å². The van der Waals surface area contributed by atoms with Gasteiger partial charge in [0.05, 0.1) is 22.3 Å². The molecule has 9 heteroatoms. The maximum absolute atomic E-state index is 12.4. The van der Waals surface area contributed by atoms with Gasteiger partial charge in [-0.05, 0) is 50.1 Å². The van der Waals surface area contributed by atoms with Crippen molar-refractivity contribution in [2.75, 3.05) is 0 Å². The van der Waals surface area contributed by atoms with Gasteiger partial charge < -0.3 is 4.84 Å². The van der Waals surface area contributed by atoms with Gasteiger partial charge in [-0.15, -0.1) is 0 Å². The lowest BCUT2D eigenvalue weighted by Gasteiger charge is -2.19. The molecule has 33 heavy (non-hydrogen) atoms. The van der Waals surface area contributed by atoms with Gasteiger partial charge in [-0.25, -0.2) is 9.48 Å². The molecule has 0 aliphatic heterocycles. The molecule has 0 amide bonds. The fourth-order valence-corrected chi connectivity index (χ4v) is 4.69. The lowest BCUT2D eigenvalue weighted by atomic mass is 9.89. The van der Waals surface area contributed by atoms with Gasteiger partial charge in [-0.1, -0.05) is 66.2 Å². The minimum atomic E-state index is -0.338. The summed E-state index contributed by atoms with van der Waals surface area (Å²) in [5, 5.41) is 14.7. The average Bonchev–Trinajstić information content (AvgIpc) is 3.15. The SMILES string of the molecule is Cc1c(C(=N)NOC(=O)C2CCCCC2)nn(-c2ccc(Cl)cc2Cl)c1-c1ccc(Cl)cc1. The minimum Gasteiger partial charge on any atom is -0.342 e. The second-order valence-corrected chi connectivity index (χ2v) is 9.35. The number of rotatable bonds is 4. The van der Waals surface area contributed by atoms with Gasteiger partial charge in [0.2, 0.25) is 0 Å². The maximum atomic E-state index is 12.4. The van der Waals surface area contributed by atoms with E-state index in [1.54, 1.807) is 35.0 Å². The fraction of sp³-hybridized carbons (Fsp3) is 0.292. The van der Waals surface area contributed by atoms with Gasteiger partial charge in [0.1, 0.15) is 5.69 Å². The first-order valence-electron chi connectivity index (χ1n) is 10.7. The lowest BCUT2D eigenvalue weighted by molar-refractivity contribution is -0.154. The van der Waals surface area contributed by atoms with Crippen molar-refractivity contribution in [1.29, 1.82) is 5.41 Å². The van der Waals surface area contributed by atoms with Crippen LogP contribution in [-0.2, 0) is 9.63 Å². The second-order valence-electron chi connectivity index (χ2n) is 8.07. The molecule has 0 saturated heterocycles. The zero-order valence-corrected chi connectivity index (χ0v) is 20.3. The molecule has 0 spiro atoms. The standard InChI is InChI=1S/C24H23Cl3N4O2/c1-14-21(23(28)30-33-24(32)16-5-3-2-4-6-16)29-31(20-12-11-18(26)13-19(20)27)22(14)15-7-9-17(25)10-8-15/h7-13,16H,2-6H2,1H3,(H2,28,30). The molecule has 1 aliphatic carbocycles. The average molecular weight is 506 g/mol. The number of nitrogens with zero attached hydrogens (tertiary/aromatic N) is 2. The van der Waals surface area contributed by atoms with Gasteiger partial charge in [-0.2, -0.15) is 10.6 Å². The van der Waals surface area contributed by atoms with Crippen LogP contribution in [0.3, 0.4) is 0 Å². The number of hydrogen-bond acceptors (Lipinski definition) is 4. The fourth-order valence-electron chi connectivity index (χ4n) is 4.08. The molecule has 2 N–H and O–H groups in total. The zero-order chi connectivity index (χ0) is 23.5. The van der Waals surface area contributed by atoms with Crippen molar-refractivity contribution >= 4 is 46.6 Å².